The molecule has 0 bridgehead atoms. The first-order chi connectivity index (χ1) is 7.52. The standard InChI is InChI=1S/C10H12NO4P/c1-5(12)15-7-4-2-3-6-8(7)10(14)11(16)9(6)13/h2,4,6-8H,3,16H2,1H3/t6-,7+,8-/m1/s1. The fourth-order valence-electron chi connectivity index (χ4n) is 2.17. The van der Waals surface area contributed by atoms with E-state index in [0.29, 0.717) is 6.42 Å². The first-order valence-electron chi connectivity index (χ1n) is 4.98. The van der Waals surface area contributed by atoms with Crippen molar-refractivity contribution in [3.05, 3.63) is 12.2 Å². The predicted molar refractivity (Wildman–Crippen MR) is 57.9 cm³/mol. The van der Waals surface area contributed by atoms with Crippen molar-refractivity contribution in [3.8, 4) is 0 Å². The summed E-state index contributed by atoms with van der Waals surface area (Å²) in [5, 5.41) is 0. The number of nitrogens with zero attached hydrogens (tertiary/aromatic N) is 1. The molecule has 1 heterocycles. The minimum Gasteiger partial charge on any atom is -0.457 e. The molecule has 1 saturated heterocycles. The van der Waals surface area contributed by atoms with Gasteiger partial charge in [0.2, 0.25) is 11.8 Å². The van der Waals surface area contributed by atoms with Gasteiger partial charge >= 0.3 is 5.97 Å². The molecule has 0 aromatic carbocycles. The number of amides is 2. The average molecular weight is 241 g/mol. The molecule has 1 fully saturated rings. The van der Waals surface area contributed by atoms with Gasteiger partial charge in [0.15, 0.2) is 0 Å². The highest BCUT2D eigenvalue weighted by atomic mass is 31.0. The SMILES string of the molecule is CC(=O)O[C@H]1C=CC[C@H]2C(=O)N(P)C(=O)[C@@H]12. The number of hydrogen-bond donors (Lipinski definition) is 0. The number of imide groups is 1. The lowest BCUT2D eigenvalue weighted by atomic mass is 9.83. The normalized spacial score (nSPS) is 32.9. The highest BCUT2D eigenvalue weighted by Crippen LogP contribution is 2.38. The molecule has 1 aliphatic heterocycles. The Morgan fingerprint density at radius 2 is 2.19 bits per heavy atom. The van der Waals surface area contributed by atoms with Crippen LogP contribution in [0.5, 0.6) is 0 Å². The van der Waals surface area contributed by atoms with Gasteiger partial charge in [-0.2, -0.15) is 0 Å². The zero-order valence-corrected chi connectivity index (χ0v) is 9.91. The molecule has 0 aromatic heterocycles. The lowest BCUT2D eigenvalue weighted by molar-refractivity contribution is -0.149. The summed E-state index contributed by atoms with van der Waals surface area (Å²) < 4.78 is 6.08. The number of esters is 1. The molecule has 0 radical (unpaired) electrons. The monoisotopic (exact) mass is 241 g/mol. The number of carbonyl (C=O) groups is 3. The van der Waals surface area contributed by atoms with Gasteiger partial charge in [0.1, 0.15) is 6.10 Å². The Labute approximate surface area is 95.1 Å². The molecular formula is C10H12NO4P. The average Bonchev–Trinajstić information content (AvgIpc) is 2.44. The second kappa shape index (κ2) is 3.98. The lowest BCUT2D eigenvalue weighted by Gasteiger charge is -2.25. The second-order valence-electron chi connectivity index (χ2n) is 3.92. The Morgan fingerprint density at radius 3 is 2.81 bits per heavy atom. The number of ether oxygens (including phenoxy) is 1. The lowest BCUT2D eigenvalue weighted by Crippen LogP contribution is -2.35. The van der Waals surface area contributed by atoms with Crippen LogP contribution in [0.15, 0.2) is 12.2 Å². The zero-order valence-electron chi connectivity index (χ0n) is 8.75. The third-order valence-electron chi connectivity index (χ3n) is 2.88. The van der Waals surface area contributed by atoms with Crippen LogP contribution in [0.2, 0.25) is 0 Å². The van der Waals surface area contributed by atoms with Gasteiger partial charge < -0.3 is 4.74 Å². The topological polar surface area (TPSA) is 63.7 Å². The number of rotatable bonds is 1. The Bertz CT molecular complexity index is 392. The molecule has 86 valence electrons. The largest absolute Gasteiger partial charge is 0.457 e. The Kier molecular flexibility index (Phi) is 2.80. The van der Waals surface area contributed by atoms with Crippen LogP contribution in [0.25, 0.3) is 0 Å². The van der Waals surface area contributed by atoms with Gasteiger partial charge in [-0.1, -0.05) is 6.08 Å². The van der Waals surface area contributed by atoms with Crippen LogP contribution >= 0.6 is 9.39 Å². The maximum atomic E-state index is 11.8. The molecule has 2 rings (SSSR count). The predicted octanol–water partition coefficient (Wildman–Crippen LogP) is 0.269. The second-order valence-corrected chi connectivity index (χ2v) is 4.43. The fraction of sp³-hybridized carbons (Fsp3) is 0.500. The van der Waals surface area contributed by atoms with Gasteiger partial charge in [-0.05, 0) is 21.9 Å². The van der Waals surface area contributed by atoms with Gasteiger partial charge in [0, 0.05) is 6.92 Å². The molecule has 2 aliphatic rings. The summed E-state index contributed by atoms with van der Waals surface area (Å²) in [6.45, 7) is 1.29. The van der Waals surface area contributed by atoms with Crippen molar-refractivity contribution in [2.45, 2.75) is 19.4 Å². The smallest absolute Gasteiger partial charge is 0.303 e. The summed E-state index contributed by atoms with van der Waals surface area (Å²) in [7, 11) is 2.11. The van der Waals surface area contributed by atoms with E-state index in [2.05, 4.69) is 9.39 Å². The minimum atomic E-state index is -0.613. The molecule has 0 N–H and O–H groups in total. The molecule has 0 spiro atoms. The maximum absolute atomic E-state index is 11.8. The van der Waals surface area contributed by atoms with Gasteiger partial charge in [0.25, 0.3) is 0 Å². The summed E-state index contributed by atoms with van der Waals surface area (Å²) in [5.74, 6) is -1.91. The van der Waals surface area contributed by atoms with Gasteiger partial charge in [0.05, 0.1) is 11.8 Å². The minimum absolute atomic E-state index is 0.221. The van der Waals surface area contributed by atoms with E-state index in [-0.39, 0.29) is 17.7 Å². The van der Waals surface area contributed by atoms with Crippen molar-refractivity contribution in [1.82, 2.24) is 4.67 Å². The van der Waals surface area contributed by atoms with Crippen molar-refractivity contribution < 1.29 is 19.1 Å². The summed E-state index contributed by atoms with van der Waals surface area (Å²) in [5.41, 5.74) is 0. The van der Waals surface area contributed by atoms with Crippen LogP contribution in [0.3, 0.4) is 0 Å². The van der Waals surface area contributed by atoms with E-state index >= 15 is 0 Å². The van der Waals surface area contributed by atoms with Crippen LogP contribution < -0.4 is 0 Å². The van der Waals surface area contributed by atoms with Crippen LogP contribution in [-0.2, 0) is 19.1 Å². The maximum Gasteiger partial charge on any atom is 0.303 e. The number of fused-ring (bicyclic) bond motifs is 1. The Balaban J connectivity index is 2.27. The van der Waals surface area contributed by atoms with E-state index in [1.54, 1.807) is 12.2 Å². The van der Waals surface area contributed by atoms with E-state index in [0.717, 1.165) is 4.67 Å². The van der Waals surface area contributed by atoms with Crippen molar-refractivity contribution in [1.29, 1.82) is 0 Å². The molecule has 16 heavy (non-hydrogen) atoms. The number of carbonyl (C=O) groups excluding carboxylic acids is 3. The molecule has 4 atom stereocenters. The van der Waals surface area contributed by atoms with E-state index in [1.165, 1.54) is 6.92 Å². The summed E-state index contributed by atoms with van der Waals surface area (Å²) >= 11 is 0. The third kappa shape index (κ3) is 1.65. The molecular weight excluding hydrogens is 229 g/mol. The highest BCUT2D eigenvalue weighted by Gasteiger charge is 2.51. The van der Waals surface area contributed by atoms with Crippen LogP contribution in [0, 0.1) is 11.8 Å². The molecule has 0 aromatic rings. The molecule has 1 aliphatic carbocycles. The van der Waals surface area contributed by atoms with Crippen LogP contribution in [0.1, 0.15) is 13.3 Å². The number of allylic oxidation sites excluding steroid dienone is 1. The highest BCUT2D eigenvalue weighted by molar-refractivity contribution is 7.16. The third-order valence-corrected chi connectivity index (χ3v) is 3.39. The van der Waals surface area contributed by atoms with Gasteiger partial charge in [-0.25, -0.2) is 0 Å². The summed E-state index contributed by atoms with van der Waals surface area (Å²) in [4.78, 5) is 34.4. The first-order valence-corrected chi connectivity index (χ1v) is 5.50. The molecule has 6 heteroatoms. The van der Waals surface area contributed by atoms with E-state index in [1.807, 2.05) is 0 Å². The zero-order chi connectivity index (χ0) is 11.9. The number of hydrogen-bond acceptors (Lipinski definition) is 4. The van der Waals surface area contributed by atoms with Crippen molar-refractivity contribution in [3.63, 3.8) is 0 Å². The molecule has 5 nitrogen and oxygen atoms in total. The molecule has 2 amide bonds. The summed E-state index contributed by atoms with van der Waals surface area (Å²) in [6, 6.07) is 0. The Morgan fingerprint density at radius 1 is 1.50 bits per heavy atom. The van der Waals surface area contributed by atoms with Crippen molar-refractivity contribution in [2.24, 2.45) is 11.8 Å². The van der Waals surface area contributed by atoms with E-state index < -0.39 is 18.0 Å². The van der Waals surface area contributed by atoms with Crippen LogP contribution in [0.4, 0.5) is 0 Å². The molecule has 1 unspecified atom stereocenters. The van der Waals surface area contributed by atoms with Gasteiger partial charge in [-0.3, -0.25) is 19.1 Å². The van der Waals surface area contributed by atoms with Crippen molar-refractivity contribution >= 4 is 27.2 Å². The molecule has 0 saturated carbocycles. The van der Waals surface area contributed by atoms with E-state index in [4.69, 9.17) is 4.74 Å². The first kappa shape index (κ1) is 11.3. The quantitative estimate of drug-likeness (QED) is 0.286. The summed E-state index contributed by atoms with van der Waals surface area (Å²) in [6.07, 6.45) is 3.37. The fourth-order valence-corrected chi connectivity index (χ4v) is 2.54. The van der Waals surface area contributed by atoms with Gasteiger partial charge in [-0.15, -0.1) is 0 Å². The van der Waals surface area contributed by atoms with E-state index in [9.17, 15) is 14.4 Å². The van der Waals surface area contributed by atoms with Crippen molar-refractivity contribution in [2.75, 3.05) is 0 Å². The Hall–Kier alpha value is -1.22. The van der Waals surface area contributed by atoms with Crippen LogP contribution in [-0.4, -0.2) is 28.6 Å².